The third-order valence-electron chi connectivity index (χ3n) is 3.23. The smallest absolute Gasteiger partial charge is 0.270 e. The van der Waals surface area contributed by atoms with E-state index in [4.69, 9.17) is 0 Å². The zero-order valence-electron chi connectivity index (χ0n) is 10.7. The quantitative estimate of drug-likeness (QED) is 0.794. The Hall–Kier alpha value is -1.94. The van der Waals surface area contributed by atoms with Gasteiger partial charge in [0.1, 0.15) is 4.88 Å². The molecule has 4 heteroatoms. The highest BCUT2D eigenvalue weighted by Gasteiger charge is 2.23. The number of amides is 1. The van der Waals surface area contributed by atoms with Crippen molar-refractivity contribution in [2.75, 3.05) is 11.4 Å². The minimum Gasteiger partial charge on any atom is -0.307 e. The average molecular weight is 270 g/mol. The van der Waals surface area contributed by atoms with Crippen molar-refractivity contribution in [1.29, 1.82) is 0 Å². The molecule has 0 saturated heterocycles. The Morgan fingerprint density at radius 3 is 3.00 bits per heavy atom. The van der Waals surface area contributed by atoms with Gasteiger partial charge in [0.15, 0.2) is 0 Å². The van der Waals surface area contributed by atoms with Crippen LogP contribution < -0.4 is 4.90 Å². The summed E-state index contributed by atoms with van der Waals surface area (Å²) in [7, 11) is 0. The first-order chi connectivity index (χ1) is 9.27. The zero-order chi connectivity index (χ0) is 13.2. The van der Waals surface area contributed by atoms with E-state index in [1.54, 1.807) is 5.51 Å². The van der Waals surface area contributed by atoms with Gasteiger partial charge in [-0.1, -0.05) is 30.4 Å². The standard InChI is InChI=1S/C15H14N2OS/c1-11-14(19-10-16-11)15(18)17-9-5-4-7-12-6-2-3-8-13(12)17/h2-4,6-8,10H,5,9H2,1H3. The Morgan fingerprint density at radius 2 is 2.21 bits per heavy atom. The predicted octanol–water partition coefficient (Wildman–Crippen LogP) is 3.52. The fraction of sp³-hybridized carbons (Fsp3) is 0.200. The molecule has 19 heavy (non-hydrogen) atoms. The molecule has 0 fully saturated rings. The van der Waals surface area contributed by atoms with Gasteiger partial charge < -0.3 is 4.90 Å². The van der Waals surface area contributed by atoms with E-state index in [0.717, 1.165) is 28.2 Å². The molecule has 2 heterocycles. The summed E-state index contributed by atoms with van der Waals surface area (Å²) in [6, 6.07) is 8.00. The highest BCUT2D eigenvalue weighted by atomic mass is 32.1. The predicted molar refractivity (Wildman–Crippen MR) is 78.6 cm³/mol. The number of aromatic nitrogens is 1. The van der Waals surface area contributed by atoms with Gasteiger partial charge in [0.2, 0.25) is 0 Å². The monoisotopic (exact) mass is 270 g/mol. The molecule has 1 aliphatic heterocycles. The van der Waals surface area contributed by atoms with Crippen LogP contribution in [0.15, 0.2) is 35.9 Å². The topological polar surface area (TPSA) is 33.2 Å². The molecule has 0 bridgehead atoms. The van der Waals surface area contributed by atoms with E-state index in [-0.39, 0.29) is 5.91 Å². The fourth-order valence-electron chi connectivity index (χ4n) is 2.25. The summed E-state index contributed by atoms with van der Waals surface area (Å²) in [5, 5.41) is 0. The van der Waals surface area contributed by atoms with Gasteiger partial charge in [-0.15, -0.1) is 11.3 Å². The molecule has 96 valence electrons. The number of aryl methyl sites for hydroxylation is 1. The number of benzene rings is 1. The number of nitrogens with zero attached hydrogens (tertiary/aromatic N) is 2. The first-order valence-electron chi connectivity index (χ1n) is 6.25. The molecule has 0 unspecified atom stereocenters. The number of para-hydroxylation sites is 1. The summed E-state index contributed by atoms with van der Waals surface area (Å²) in [4.78, 5) is 19.4. The largest absolute Gasteiger partial charge is 0.307 e. The van der Waals surface area contributed by atoms with Crippen molar-refractivity contribution in [3.63, 3.8) is 0 Å². The summed E-state index contributed by atoms with van der Waals surface area (Å²) >= 11 is 1.41. The molecule has 3 nitrogen and oxygen atoms in total. The number of carbonyl (C=O) groups is 1. The maximum atomic E-state index is 12.7. The fourth-order valence-corrected chi connectivity index (χ4v) is 3.00. The van der Waals surface area contributed by atoms with E-state index in [9.17, 15) is 4.79 Å². The second-order valence-corrected chi connectivity index (χ2v) is 5.33. The molecule has 2 aromatic rings. The maximum absolute atomic E-state index is 12.7. The van der Waals surface area contributed by atoms with Crippen LogP contribution in [-0.4, -0.2) is 17.4 Å². The second-order valence-electron chi connectivity index (χ2n) is 4.47. The van der Waals surface area contributed by atoms with Gasteiger partial charge in [0.05, 0.1) is 16.9 Å². The van der Waals surface area contributed by atoms with Crippen molar-refractivity contribution in [3.05, 3.63) is 52.0 Å². The highest BCUT2D eigenvalue weighted by Crippen LogP contribution is 2.27. The van der Waals surface area contributed by atoms with Crippen LogP contribution in [-0.2, 0) is 0 Å². The van der Waals surface area contributed by atoms with E-state index in [1.165, 1.54) is 11.3 Å². The van der Waals surface area contributed by atoms with Crippen LogP contribution in [0.5, 0.6) is 0 Å². The van der Waals surface area contributed by atoms with Crippen LogP contribution in [0.2, 0.25) is 0 Å². The molecule has 1 aromatic heterocycles. The van der Waals surface area contributed by atoms with E-state index in [1.807, 2.05) is 36.1 Å². The molecular formula is C15H14N2OS. The molecule has 1 aromatic carbocycles. The normalized spacial score (nSPS) is 14.1. The Morgan fingerprint density at radius 1 is 1.37 bits per heavy atom. The molecule has 1 amide bonds. The Labute approximate surface area is 116 Å². The van der Waals surface area contributed by atoms with E-state index < -0.39 is 0 Å². The lowest BCUT2D eigenvalue weighted by atomic mass is 10.1. The summed E-state index contributed by atoms with van der Waals surface area (Å²) in [6.07, 6.45) is 5.08. The van der Waals surface area contributed by atoms with Gasteiger partial charge in [-0.3, -0.25) is 4.79 Å². The van der Waals surface area contributed by atoms with Crippen molar-refractivity contribution >= 4 is 29.0 Å². The van der Waals surface area contributed by atoms with Crippen molar-refractivity contribution < 1.29 is 4.79 Å². The molecule has 0 radical (unpaired) electrons. The number of rotatable bonds is 1. The van der Waals surface area contributed by atoms with Crippen LogP contribution in [0.25, 0.3) is 6.08 Å². The molecule has 0 saturated carbocycles. The summed E-state index contributed by atoms with van der Waals surface area (Å²) < 4.78 is 0. The Kier molecular flexibility index (Phi) is 3.17. The highest BCUT2D eigenvalue weighted by molar-refractivity contribution is 7.12. The summed E-state index contributed by atoms with van der Waals surface area (Å²) in [5.74, 6) is 0.0520. The third kappa shape index (κ3) is 2.19. The van der Waals surface area contributed by atoms with Crippen LogP contribution in [0.1, 0.15) is 27.3 Å². The van der Waals surface area contributed by atoms with Crippen LogP contribution in [0.3, 0.4) is 0 Å². The maximum Gasteiger partial charge on any atom is 0.270 e. The minimum absolute atomic E-state index is 0.0520. The molecule has 0 atom stereocenters. The van der Waals surface area contributed by atoms with Gasteiger partial charge in [0.25, 0.3) is 5.91 Å². The molecular weight excluding hydrogens is 256 g/mol. The van der Waals surface area contributed by atoms with E-state index >= 15 is 0 Å². The summed E-state index contributed by atoms with van der Waals surface area (Å²) in [5.41, 5.74) is 4.61. The van der Waals surface area contributed by atoms with Crippen molar-refractivity contribution in [2.45, 2.75) is 13.3 Å². The van der Waals surface area contributed by atoms with Crippen molar-refractivity contribution in [3.8, 4) is 0 Å². The Balaban J connectivity index is 2.03. The number of thiazole rings is 1. The van der Waals surface area contributed by atoms with Gasteiger partial charge in [-0.2, -0.15) is 0 Å². The van der Waals surface area contributed by atoms with Crippen LogP contribution in [0, 0.1) is 6.92 Å². The molecule has 0 aliphatic carbocycles. The third-order valence-corrected chi connectivity index (χ3v) is 4.15. The average Bonchev–Trinajstić information content (AvgIpc) is 2.74. The van der Waals surface area contributed by atoms with Gasteiger partial charge >= 0.3 is 0 Å². The number of anilines is 1. The molecule has 1 aliphatic rings. The van der Waals surface area contributed by atoms with Crippen molar-refractivity contribution in [2.24, 2.45) is 0 Å². The second kappa shape index (κ2) is 4.97. The lowest BCUT2D eigenvalue weighted by Gasteiger charge is -2.22. The lowest BCUT2D eigenvalue weighted by molar-refractivity contribution is 0.0990. The van der Waals surface area contributed by atoms with E-state index in [2.05, 4.69) is 17.1 Å². The SMILES string of the molecule is Cc1ncsc1C(=O)N1CCC=Cc2ccccc21. The van der Waals surface area contributed by atoms with Gasteiger partial charge in [0, 0.05) is 6.54 Å². The van der Waals surface area contributed by atoms with Gasteiger partial charge in [-0.25, -0.2) is 4.98 Å². The van der Waals surface area contributed by atoms with Crippen molar-refractivity contribution in [1.82, 2.24) is 4.98 Å². The summed E-state index contributed by atoms with van der Waals surface area (Å²) in [6.45, 7) is 2.59. The van der Waals surface area contributed by atoms with E-state index in [0.29, 0.717) is 6.54 Å². The van der Waals surface area contributed by atoms with Crippen LogP contribution in [0.4, 0.5) is 5.69 Å². The first-order valence-corrected chi connectivity index (χ1v) is 7.13. The van der Waals surface area contributed by atoms with Crippen LogP contribution >= 0.6 is 11.3 Å². The molecule has 3 rings (SSSR count). The zero-order valence-corrected chi connectivity index (χ0v) is 11.5. The number of hydrogen-bond donors (Lipinski definition) is 0. The lowest BCUT2D eigenvalue weighted by Crippen LogP contribution is -2.31. The Bertz CT molecular complexity index is 645. The number of carbonyl (C=O) groups excluding carboxylic acids is 1. The number of fused-ring (bicyclic) bond motifs is 1. The molecule has 0 spiro atoms. The minimum atomic E-state index is 0.0520. The number of hydrogen-bond acceptors (Lipinski definition) is 3. The first kappa shape index (κ1) is 12.1. The van der Waals surface area contributed by atoms with Gasteiger partial charge in [-0.05, 0) is 25.0 Å². The molecule has 0 N–H and O–H groups in total.